The second-order valence-corrected chi connectivity index (χ2v) is 20.0. The predicted molar refractivity (Wildman–Crippen MR) is 278 cm³/mol. The van der Waals surface area contributed by atoms with E-state index in [1.807, 2.05) is 0 Å². The maximum Gasteiger partial charge on any atom is 0.305 e. The Balaban J connectivity index is 3.36. The van der Waals surface area contributed by atoms with E-state index >= 15 is 0 Å². The minimum atomic E-state index is -0.662. The molecule has 0 aliphatic carbocycles. The Kier molecular flexibility index (Phi) is 53.0. The molecule has 0 fully saturated rings. The first-order valence-corrected chi connectivity index (χ1v) is 28.9. The van der Waals surface area contributed by atoms with Gasteiger partial charge in [-0.2, -0.15) is 0 Å². The lowest BCUT2D eigenvalue weighted by Gasteiger charge is -2.22. The Bertz CT molecular complexity index is 955. The van der Waals surface area contributed by atoms with Crippen molar-refractivity contribution in [1.82, 2.24) is 5.32 Å². The van der Waals surface area contributed by atoms with Gasteiger partial charge in [-0.25, -0.2) is 0 Å². The SMILES string of the molecule is CCCCCCCC/C=C\CCCCCCCC(=O)OCCCCCCCCCCCCCCCCCCCCCCCC(=O)NC(CO)C(O)CCCCCCCCCCCCC. The van der Waals surface area contributed by atoms with Crippen LogP contribution in [0.2, 0.25) is 0 Å². The number of carbonyl (C=O) groups excluding carboxylic acids is 2. The number of aliphatic hydroxyl groups is 2. The zero-order chi connectivity index (χ0) is 46.5. The molecule has 0 aromatic carbocycles. The summed E-state index contributed by atoms with van der Waals surface area (Å²) in [4.78, 5) is 24.5. The minimum Gasteiger partial charge on any atom is -0.466 e. The number of ether oxygens (including phenoxy) is 1. The third kappa shape index (κ3) is 50.0. The standard InChI is InChI=1S/C58H113NO5/c1-3-5-7-9-11-13-15-16-24-28-32-36-40-44-48-52-58(63)64-53-49-45-41-37-33-29-26-23-21-19-17-18-20-22-25-27-31-35-39-43-47-51-57(62)59-55(54-60)56(61)50-46-42-38-34-30-14-12-10-8-6-4-2/h16,24,55-56,60-61H,3-15,17-23,25-54H2,1-2H3,(H,59,62)/b24-16-. The van der Waals surface area contributed by atoms with Gasteiger partial charge in [0.05, 0.1) is 25.4 Å². The summed E-state index contributed by atoms with van der Waals surface area (Å²) in [5.41, 5.74) is 0. The number of esters is 1. The van der Waals surface area contributed by atoms with Crippen LogP contribution in [0.1, 0.15) is 322 Å². The van der Waals surface area contributed by atoms with Crippen LogP contribution in [0, 0.1) is 0 Å². The molecule has 0 rings (SSSR count). The molecule has 0 aromatic rings. The fourth-order valence-corrected chi connectivity index (χ4v) is 9.11. The molecule has 380 valence electrons. The van der Waals surface area contributed by atoms with Crippen molar-refractivity contribution in [3.63, 3.8) is 0 Å². The van der Waals surface area contributed by atoms with Gasteiger partial charge in [-0.05, 0) is 51.4 Å². The third-order valence-electron chi connectivity index (χ3n) is 13.6. The van der Waals surface area contributed by atoms with Gasteiger partial charge in [-0.15, -0.1) is 0 Å². The number of amides is 1. The van der Waals surface area contributed by atoms with Crippen molar-refractivity contribution in [3.8, 4) is 0 Å². The number of allylic oxidation sites excluding steroid dienone is 2. The molecule has 0 saturated carbocycles. The van der Waals surface area contributed by atoms with E-state index < -0.39 is 12.1 Å². The van der Waals surface area contributed by atoms with Crippen LogP contribution in [0.25, 0.3) is 0 Å². The van der Waals surface area contributed by atoms with Gasteiger partial charge in [0.1, 0.15) is 0 Å². The number of unbranched alkanes of at least 4 members (excludes halogenated alkanes) is 41. The van der Waals surface area contributed by atoms with Crippen LogP contribution in [0.4, 0.5) is 0 Å². The first-order chi connectivity index (χ1) is 31.5. The van der Waals surface area contributed by atoms with E-state index in [0.29, 0.717) is 25.9 Å². The molecule has 2 atom stereocenters. The summed E-state index contributed by atoms with van der Waals surface area (Å²) in [5, 5.41) is 23.2. The van der Waals surface area contributed by atoms with Crippen molar-refractivity contribution < 1.29 is 24.5 Å². The average Bonchev–Trinajstić information content (AvgIpc) is 3.29. The molecule has 3 N–H and O–H groups in total. The third-order valence-corrected chi connectivity index (χ3v) is 13.6. The fraction of sp³-hybridized carbons (Fsp3) is 0.931. The van der Waals surface area contributed by atoms with E-state index in [4.69, 9.17) is 4.74 Å². The van der Waals surface area contributed by atoms with Crippen LogP contribution in [0.15, 0.2) is 12.2 Å². The quantitative estimate of drug-likeness (QED) is 0.0321. The van der Waals surface area contributed by atoms with Crippen molar-refractivity contribution in [2.75, 3.05) is 13.2 Å². The second kappa shape index (κ2) is 54.2. The zero-order valence-corrected chi connectivity index (χ0v) is 43.3. The fourth-order valence-electron chi connectivity index (χ4n) is 9.11. The van der Waals surface area contributed by atoms with E-state index in [2.05, 4.69) is 31.3 Å². The highest BCUT2D eigenvalue weighted by Crippen LogP contribution is 2.17. The molecule has 6 heteroatoms. The molecule has 0 heterocycles. The molecular weight excluding hydrogens is 791 g/mol. The molecule has 0 bridgehead atoms. The summed E-state index contributed by atoms with van der Waals surface area (Å²) in [5.74, 6) is -0.0315. The van der Waals surface area contributed by atoms with Gasteiger partial charge < -0.3 is 20.3 Å². The lowest BCUT2D eigenvalue weighted by molar-refractivity contribution is -0.143. The van der Waals surface area contributed by atoms with Crippen LogP contribution in [-0.4, -0.2) is 47.4 Å². The smallest absolute Gasteiger partial charge is 0.305 e. The lowest BCUT2D eigenvalue weighted by atomic mass is 10.0. The monoisotopic (exact) mass is 904 g/mol. The number of rotatable bonds is 54. The van der Waals surface area contributed by atoms with Crippen LogP contribution in [-0.2, 0) is 14.3 Å². The van der Waals surface area contributed by atoms with E-state index in [0.717, 1.165) is 44.9 Å². The van der Waals surface area contributed by atoms with Gasteiger partial charge in [0.25, 0.3) is 0 Å². The normalized spacial score (nSPS) is 12.6. The van der Waals surface area contributed by atoms with Crippen molar-refractivity contribution in [2.45, 2.75) is 334 Å². The average molecular weight is 905 g/mol. The van der Waals surface area contributed by atoms with Gasteiger partial charge in [0, 0.05) is 12.8 Å². The maximum atomic E-state index is 12.4. The molecule has 0 radical (unpaired) electrons. The van der Waals surface area contributed by atoms with Gasteiger partial charge in [-0.1, -0.05) is 270 Å². The highest BCUT2D eigenvalue weighted by atomic mass is 16.5. The molecule has 0 aromatic heterocycles. The van der Waals surface area contributed by atoms with Crippen LogP contribution < -0.4 is 5.32 Å². The molecule has 0 aliphatic heterocycles. The Morgan fingerprint density at radius 2 is 0.734 bits per heavy atom. The van der Waals surface area contributed by atoms with Gasteiger partial charge in [-0.3, -0.25) is 9.59 Å². The van der Waals surface area contributed by atoms with E-state index in [9.17, 15) is 19.8 Å². The molecule has 0 saturated heterocycles. The molecule has 64 heavy (non-hydrogen) atoms. The Hall–Kier alpha value is -1.40. The summed E-state index contributed by atoms with van der Waals surface area (Å²) < 4.78 is 5.48. The van der Waals surface area contributed by atoms with Crippen LogP contribution in [0.5, 0.6) is 0 Å². The summed E-state index contributed by atoms with van der Waals surface area (Å²) in [6.07, 6.45) is 63.5. The Morgan fingerprint density at radius 1 is 0.422 bits per heavy atom. The van der Waals surface area contributed by atoms with E-state index in [1.165, 1.54) is 244 Å². The summed E-state index contributed by atoms with van der Waals surface area (Å²) in [6, 6.07) is -0.540. The summed E-state index contributed by atoms with van der Waals surface area (Å²) >= 11 is 0. The minimum absolute atomic E-state index is 0.00443. The van der Waals surface area contributed by atoms with E-state index in [1.54, 1.807) is 0 Å². The van der Waals surface area contributed by atoms with Gasteiger partial charge in [0.15, 0.2) is 0 Å². The molecule has 0 spiro atoms. The van der Waals surface area contributed by atoms with Crippen molar-refractivity contribution in [1.29, 1.82) is 0 Å². The maximum absolute atomic E-state index is 12.4. The number of hydrogen-bond donors (Lipinski definition) is 3. The first-order valence-electron chi connectivity index (χ1n) is 28.9. The first kappa shape index (κ1) is 62.6. The Labute approximate surface area is 399 Å². The molecular formula is C58H113NO5. The topological polar surface area (TPSA) is 95.9 Å². The van der Waals surface area contributed by atoms with Crippen molar-refractivity contribution in [2.24, 2.45) is 0 Å². The number of hydrogen-bond acceptors (Lipinski definition) is 5. The van der Waals surface area contributed by atoms with Crippen LogP contribution >= 0.6 is 0 Å². The summed E-state index contributed by atoms with van der Waals surface area (Å²) in [6.45, 7) is 4.95. The summed E-state index contributed by atoms with van der Waals surface area (Å²) in [7, 11) is 0. The largest absolute Gasteiger partial charge is 0.466 e. The molecule has 0 aliphatic rings. The van der Waals surface area contributed by atoms with E-state index in [-0.39, 0.29) is 18.5 Å². The van der Waals surface area contributed by atoms with Gasteiger partial charge in [0.2, 0.25) is 5.91 Å². The molecule has 6 nitrogen and oxygen atoms in total. The molecule has 2 unspecified atom stereocenters. The van der Waals surface area contributed by atoms with Crippen molar-refractivity contribution >= 4 is 11.9 Å². The zero-order valence-electron chi connectivity index (χ0n) is 43.3. The Morgan fingerprint density at radius 3 is 1.11 bits per heavy atom. The van der Waals surface area contributed by atoms with Gasteiger partial charge >= 0.3 is 5.97 Å². The predicted octanol–water partition coefficient (Wildman–Crippen LogP) is 17.7. The number of nitrogens with one attached hydrogen (secondary N) is 1. The number of aliphatic hydroxyl groups excluding tert-OH is 2. The van der Waals surface area contributed by atoms with Crippen LogP contribution in [0.3, 0.4) is 0 Å². The molecule has 1 amide bonds. The number of carbonyl (C=O) groups is 2. The second-order valence-electron chi connectivity index (χ2n) is 20.0. The van der Waals surface area contributed by atoms with Crippen molar-refractivity contribution in [3.05, 3.63) is 12.2 Å². The highest BCUT2D eigenvalue weighted by Gasteiger charge is 2.20. The lowest BCUT2D eigenvalue weighted by Crippen LogP contribution is -2.45. The highest BCUT2D eigenvalue weighted by molar-refractivity contribution is 5.76.